The third kappa shape index (κ3) is 2.54. The molecule has 0 amide bonds. The molecule has 0 fully saturated rings. The van der Waals surface area contributed by atoms with Crippen molar-refractivity contribution in [3.8, 4) is 0 Å². The van der Waals surface area contributed by atoms with Gasteiger partial charge in [-0.25, -0.2) is 0 Å². The highest BCUT2D eigenvalue weighted by Crippen LogP contribution is 2.24. The minimum Gasteiger partial charge on any atom is -0.0607 e. The van der Waals surface area contributed by atoms with Crippen molar-refractivity contribution in [3.63, 3.8) is 0 Å². The molecule has 0 aliphatic carbocycles. The summed E-state index contributed by atoms with van der Waals surface area (Å²) in [5, 5.41) is 3.45. The summed E-state index contributed by atoms with van der Waals surface area (Å²) in [5.74, 6) is 0. The van der Waals surface area contributed by atoms with Crippen molar-refractivity contribution in [2.45, 2.75) is 0 Å². The lowest BCUT2D eigenvalue weighted by Crippen LogP contribution is -1.66. The molecule has 0 aliphatic heterocycles. The van der Waals surface area contributed by atoms with Crippen LogP contribution < -0.4 is 0 Å². The molecule has 1 aromatic rings. The van der Waals surface area contributed by atoms with E-state index < -0.39 is 0 Å². The van der Waals surface area contributed by atoms with E-state index in [1.54, 1.807) is 12.1 Å². The molecule has 0 heterocycles. The van der Waals surface area contributed by atoms with Gasteiger partial charge in [-0.2, -0.15) is 0 Å². The molecule has 0 spiro atoms. The van der Waals surface area contributed by atoms with Crippen LogP contribution in [0.15, 0.2) is 32.3 Å². The van der Waals surface area contributed by atoms with Crippen molar-refractivity contribution in [3.05, 3.63) is 37.6 Å². The van der Waals surface area contributed by atoms with Crippen LogP contribution in [0.1, 0.15) is 0 Å². The van der Waals surface area contributed by atoms with Crippen LogP contribution in [0.2, 0.25) is 0 Å². The van der Waals surface area contributed by atoms with Crippen LogP contribution >= 0.6 is 31.9 Å². The van der Waals surface area contributed by atoms with Crippen LogP contribution in [-0.2, 0) is 0 Å². The number of hydrogen-bond donors (Lipinski definition) is 0. The third-order valence-corrected chi connectivity index (χ3v) is 1.92. The van der Waals surface area contributed by atoms with E-state index >= 15 is 0 Å². The highest BCUT2D eigenvalue weighted by Gasteiger charge is 1.93. The predicted octanol–water partition coefficient (Wildman–Crippen LogP) is 4.15. The number of halogens is 2. The summed E-state index contributed by atoms with van der Waals surface area (Å²) in [6, 6.07) is 5.35. The van der Waals surface area contributed by atoms with Crippen molar-refractivity contribution in [1.29, 1.82) is 0 Å². The van der Waals surface area contributed by atoms with Gasteiger partial charge in [0.2, 0.25) is 0 Å². The van der Waals surface area contributed by atoms with Gasteiger partial charge in [0, 0.05) is 19.5 Å². The number of benzene rings is 1. The van der Waals surface area contributed by atoms with Crippen molar-refractivity contribution < 1.29 is 0 Å². The van der Waals surface area contributed by atoms with Gasteiger partial charge in [-0.1, -0.05) is 37.0 Å². The number of rotatable bonds is 1. The van der Waals surface area contributed by atoms with E-state index in [-0.39, 0.29) is 0 Å². The van der Waals surface area contributed by atoms with Gasteiger partial charge in [0.25, 0.3) is 0 Å². The minimum absolute atomic E-state index is 0.591. The molecule has 0 atom stereocenters. The lowest BCUT2D eigenvalue weighted by Gasteiger charge is -1.94. The molecule has 0 radical (unpaired) electrons. The molecule has 0 bridgehead atoms. The number of hydrogen-bond acceptors (Lipinski definition) is 1. The lowest BCUT2D eigenvalue weighted by molar-refractivity contribution is 1.45. The zero-order valence-corrected chi connectivity index (χ0v) is 8.50. The maximum absolute atomic E-state index is 8.13. The molecule has 11 heavy (non-hydrogen) atoms. The van der Waals surface area contributed by atoms with Gasteiger partial charge in [0.15, 0.2) is 0 Å². The highest BCUT2D eigenvalue weighted by molar-refractivity contribution is 9.11. The summed E-state index contributed by atoms with van der Waals surface area (Å²) in [5.41, 5.74) is 8.72. The zero-order chi connectivity index (χ0) is 8.27. The first-order valence-electron chi connectivity index (χ1n) is 2.73. The van der Waals surface area contributed by atoms with E-state index in [4.69, 9.17) is 5.53 Å². The molecule has 0 unspecified atom stereocenters. The van der Waals surface area contributed by atoms with Gasteiger partial charge in [-0.05, 0) is 23.7 Å². The van der Waals surface area contributed by atoms with Crippen LogP contribution in [0.4, 0.5) is 5.69 Å². The van der Waals surface area contributed by atoms with Crippen LogP contribution in [-0.4, -0.2) is 0 Å². The van der Waals surface area contributed by atoms with Crippen LogP contribution in [0, 0.1) is 0 Å². The predicted molar refractivity (Wildman–Crippen MR) is 50.6 cm³/mol. The smallest absolute Gasteiger partial charge is 0.0397 e. The molecule has 0 saturated carbocycles. The topological polar surface area (TPSA) is 48.8 Å². The van der Waals surface area contributed by atoms with Gasteiger partial charge in [-0.15, -0.1) is 0 Å². The van der Waals surface area contributed by atoms with E-state index in [9.17, 15) is 0 Å². The van der Waals surface area contributed by atoms with Crippen molar-refractivity contribution in [2.75, 3.05) is 0 Å². The summed E-state index contributed by atoms with van der Waals surface area (Å²) in [7, 11) is 0. The number of nitrogens with zero attached hydrogens (tertiary/aromatic N) is 3. The first kappa shape index (κ1) is 8.59. The molecule has 0 saturated heterocycles. The molecule has 0 aromatic heterocycles. The maximum Gasteiger partial charge on any atom is 0.0397 e. The van der Waals surface area contributed by atoms with Gasteiger partial charge < -0.3 is 0 Å². The molecule has 5 heteroatoms. The molecular formula is C6H3Br2N3. The first-order chi connectivity index (χ1) is 5.22. The maximum atomic E-state index is 8.13. The van der Waals surface area contributed by atoms with Gasteiger partial charge in [0.05, 0.1) is 0 Å². The minimum atomic E-state index is 0.591. The van der Waals surface area contributed by atoms with Crippen LogP contribution in [0.5, 0.6) is 0 Å². The third-order valence-electron chi connectivity index (χ3n) is 1.01. The molecule has 0 N–H and O–H groups in total. The highest BCUT2D eigenvalue weighted by atomic mass is 79.9. The van der Waals surface area contributed by atoms with E-state index in [0.717, 1.165) is 8.95 Å². The fraction of sp³-hybridized carbons (Fsp3) is 0. The fourth-order valence-electron chi connectivity index (χ4n) is 0.649. The first-order valence-corrected chi connectivity index (χ1v) is 4.32. The Kier molecular flexibility index (Phi) is 2.93. The summed E-state index contributed by atoms with van der Waals surface area (Å²) < 4.78 is 1.77. The molecule has 1 aromatic carbocycles. The average Bonchev–Trinajstić information content (AvgIpc) is 1.85. The molecule has 0 aliphatic rings. The van der Waals surface area contributed by atoms with Crippen LogP contribution in [0.3, 0.4) is 0 Å². The standard InChI is InChI=1S/C6H3Br2N3/c7-4-1-5(8)3-6(2-4)10-11-9/h1-3H. The Morgan fingerprint density at radius 3 is 2.18 bits per heavy atom. The Morgan fingerprint density at radius 2 is 1.73 bits per heavy atom. The van der Waals surface area contributed by atoms with Crippen molar-refractivity contribution >= 4 is 37.5 Å². The quantitative estimate of drug-likeness (QED) is 0.420. The number of azide groups is 1. The second kappa shape index (κ2) is 3.76. The van der Waals surface area contributed by atoms with E-state index in [1.807, 2.05) is 6.07 Å². The van der Waals surface area contributed by atoms with E-state index in [2.05, 4.69) is 41.9 Å². The zero-order valence-electron chi connectivity index (χ0n) is 5.33. The van der Waals surface area contributed by atoms with E-state index in [0.29, 0.717) is 5.69 Å². The van der Waals surface area contributed by atoms with Gasteiger partial charge in [0.1, 0.15) is 0 Å². The largest absolute Gasteiger partial charge is 0.0607 e. The molecule has 56 valence electrons. The summed E-state index contributed by atoms with van der Waals surface area (Å²) >= 11 is 6.54. The Hall–Kier alpha value is -0.510. The second-order valence-corrected chi connectivity index (χ2v) is 3.65. The normalized spacial score (nSPS) is 8.91. The Labute approximate surface area is 80.3 Å². The van der Waals surface area contributed by atoms with E-state index in [1.165, 1.54) is 0 Å². The van der Waals surface area contributed by atoms with Crippen molar-refractivity contribution in [1.82, 2.24) is 0 Å². The summed E-state index contributed by atoms with van der Waals surface area (Å²) in [6.45, 7) is 0. The average molecular weight is 277 g/mol. The van der Waals surface area contributed by atoms with Gasteiger partial charge in [-0.3, -0.25) is 0 Å². The Morgan fingerprint density at radius 1 is 1.18 bits per heavy atom. The summed E-state index contributed by atoms with van der Waals surface area (Å²) in [6.07, 6.45) is 0. The molecular weight excluding hydrogens is 274 g/mol. The fourth-order valence-corrected chi connectivity index (χ4v) is 1.92. The van der Waals surface area contributed by atoms with Crippen molar-refractivity contribution in [2.24, 2.45) is 5.11 Å². The Bertz CT molecular complexity index is 297. The molecule has 1 rings (SSSR count). The summed E-state index contributed by atoms with van der Waals surface area (Å²) in [4.78, 5) is 2.67. The second-order valence-electron chi connectivity index (χ2n) is 1.82. The SMILES string of the molecule is [N-]=[N+]=Nc1cc(Br)cc(Br)c1. The van der Waals surface area contributed by atoms with Gasteiger partial charge >= 0.3 is 0 Å². The van der Waals surface area contributed by atoms with Crippen LogP contribution in [0.25, 0.3) is 10.4 Å². The lowest BCUT2D eigenvalue weighted by atomic mass is 10.3. The Balaban J connectivity index is 3.18. The monoisotopic (exact) mass is 275 g/mol. The molecule has 3 nitrogen and oxygen atoms in total.